The minimum atomic E-state index is 0.0463. The molecule has 3 N–H and O–H groups in total. The molecule has 0 spiro atoms. The Hall–Kier alpha value is -0.680. The van der Waals surface area contributed by atoms with Gasteiger partial charge in [0, 0.05) is 9.35 Å². The lowest BCUT2D eigenvalue weighted by Crippen LogP contribution is -2.28. The van der Waals surface area contributed by atoms with Crippen LogP contribution in [0.5, 0.6) is 0 Å². The molecule has 4 heteroatoms. The molecule has 1 unspecified atom stereocenters. The normalized spacial score (nSPS) is 12.7. The van der Waals surface area contributed by atoms with E-state index in [4.69, 9.17) is 5.84 Å². The Labute approximate surface area is 114 Å². The van der Waals surface area contributed by atoms with Gasteiger partial charge in [-0.3, -0.25) is 5.84 Å². The zero-order chi connectivity index (χ0) is 12.4. The van der Waals surface area contributed by atoms with E-state index < -0.39 is 0 Å². The van der Waals surface area contributed by atoms with E-state index in [0.717, 1.165) is 4.47 Å². The third kappa shape index (κ3) is 2.60. The minimum absolute atomic E-state index is 0.0463. The summed E-state index contributed by atoms with van der Waals surface area (Å²) < 4.78 is 1.09. The lowest BCUT2D eigenvalue weighted by Gasteiger charge is -2.18. The fourth-order valence-electron chi connectivity index (χ4n) is 1.85. The van der Waals surface area contributed by atoms with Gasteiger partial charge < -0.3 is 0 Å². The summed E-state index contributed by atoms with van der Waals surface area (Å²) in [5, 5.41) is 2.09. The van der Waals surface area contributed by atoms with Crippen LogP contribution in [0, 0.1) is 13.8 Å². The molecule has 0 fully saturated rings. The molecule has 0 aliphatic heterocycles. The van der Waals surface area contributed by atoms with Crippen molar-refractivity contribution in [1.29, 1.82) is 0 Å². The van der Waals surface area contributed by atoms with Gasteiger partial charge in [0.15, 0.2) is 0 Å². The molecule has 0 amide bonds. The van der Waals surface area contributed by atoms with Gasteiger partial charge in [-0.1, -0.05) is 28.1 Å². The number of halogens is 1. The van der Waals surface area contributed by atoms with E-state index in [9.17, 15) is 0 Å². The number of hydrogen-bond acceptors (Lipinski definition) is 3. The Balaban J connectivity index is 2.46. The van der Waals surface area contributed by atoms with E-state index >= 15 is 0 Å². The number of benzene rings is 1. The first-order valence-corrected chi connectivity index (χ1v) is 7.07. The van der Waals surface area contributed by atoms with Gasteiger partial charge in [-0.2, -0.15) is 0 Å². The number of hydrazine groups is 1. The highest BCUT2D eigenvalue weighted by molar-refractivity contribution is 9.10. The number of rotatable bonds is 3. The highest BCUT2D eigenvalue weighted by Crippen LogP contribution is 2.33. The lowest BCUT2D eigenvalue weighted by molar-refractivity contribution is 0.641. The van der Waals surface area contributed by atoms with E-state index in [-0.39, 0.29) is 6.04 Å². The van der Waals surface area contributed by atoms with E-state index in [1.165, 1.54) is 21.6 Å². The molecule has 0 saturated carbocycles. The maximum Gasteiger partial charge on any atom is 0.0816 e. The summed E-state index contributed by atoms with van der Waals surface area (Å²) in [5.74, 6) is 5.71. The smallest absolute Gasteiger partial charge is 0.0816 e. The Morgan fingerprint density at radius 2 is 2.06 bits per heavy atom. The van der Waals surface area contributed by atoms with Crippen molar-refractivity contribution in [3.8, 4) is 0 Å². The van der Waals surface area contributed by atoms with Crippen molar-refractivity contribution in [2.45, 2.75) is 19.9 Å². The maximum absolute atomic E-state index is 5.71. The van der Waals surface area contributed by atoms with Crippen LogP contribution in [-0.2, 0) is 0 Å². The summed E-state index contributed by atoms with van der Waals surface area (Å²) in [4.78, 5) is 1.26. The van der Waals surface area contributed by atoms with Crippen LogP contribution in [0.15, 0.2) is 34.1 Å². The van der Waals surface area contributed by atoms with Crippen LogP contribution in [0.4, 0.5) is 0 Å². The summed E-state index contributed by atoms with van der Waals surface area (Å²) in [6.45, 7) is 4.19. The fraction of sp³-hybridized carbons (Fsp3) is 0.231. The number of nitrogens with one attached hydrogen (secondary N) is 1. The molecule has 2 aromatic rings. The van der Waals surface area contributed by atoms with Crippen molar-refractivity contribution in [1.82, 2.24) is 5.43 Å². The number of aryl methyl sites for hydroxylation is 2. The van der Waals surface area contributed by atoms with Crippen LogP contribution in [0.3, 0.4) is 0 Å². The van der Waals surface area contributed by atoms with E-state index in [1.54, 1.807) is 11.3 Å². The molecule has 0 bridgehead atoms. The van der Waals surface area contributed by atoms with Gasteiger partial charge in [-0.05, 0) is 48.1 Å². The van der Waals surface area contributed by atoms with Crippen LogP contribution in [-0.4, -0.2) is 0 Å². The van der Waals surface area contributed by atoms with Gasteiger partial charge in [0.05, 0.1) is 6.04 Å². The third-order valence-electron chi connectivity index (χ3n) is 2.80. The molecule has 1 heterocycles. The number of nitrogens with two attached hydrogens (primary N) is 1. The Morgan fingerprint density at radius 3 is 2.59 bits per heavy atom. The topological polar surface area (TPSA) is 38.0 Å². The second kappa shape index (κ2) is 5.31. The summed E-state index contributed by atoms with van der Waals surface area (Å²) >= 11 is 5.33. The van der Waals surface area contributed by atoms with Crippen molar-refractivity contribution in [2.24, 2.45) is 5.84 Å². The van der Waals surface area contributed by atoms with Crippen LogP contribution in [0.2, 0.25) is 0 Å². The molecule has 2 rings (SSSR count). The molecule has 1 aromatic carbocycles. The summed E-state index contributed by atoms with van der Waals surface area (Å²) in [5.41, 5.74) is 6.58. The highest BCUT2D eigenvalue weighted by atomic mass is 79.9. The predicted molar refractivity (Wildman–Crippen MR) is 77.1 cm³/mol. The molecule has 0 aliphatic rings. The standard InChI is InChI=1S/C13H15BrN2S/c1-8-3-4-10(11(14)7-8)12(16-15)13-9(2)5-6-17-13/h3-7,12,16H,15H2,1-2H3. The van der Waals surface area contributed by atoms with Crippen LogP contribution in [0.1, 0.15) is 27.6 Å². The van der Waals surface area contributed by atoms with Crippen LogP contribution < -0.4 is 11.3 Å². The van der Waals surface area contributed by atoms with Crippen LogP contribution in [0.25, 0.3) is 0 Å². The molecule has 0 radical (unpaired) electrons. The lowest BCUT2D eigenvalue weighted by atomic mass is 10.0. The fourth-order valence-corrected chi connectivity index (χ4v) is 3.58. The third-order valence-corrected chi connectivity index (χ3v) is 4.57. The molecule has 1 atom stereocenters. The zero-order valence-corrected chi connectivity index (χ0v) is 12.2. The molecule has 90 valence electrons. The predicted octanol–water partition coefficient (Wildman–Crippen LogP) is 3.68. The van der Waals surface area contributed by atoms with E-state index in [0.29, 0.717) is 0 Å². The van der Waals surface area contributed by atoms with Gasteiger partial charge in [-0.15, -0.1) is 11.3 Å². The average Bonchev–Trinajstić information content (AvgIpc) is 2.69. The first kappa shape index (κ1) is 12.8. The van der Waals surface area contributed by atoms with Gasteiger partial charge in [0.2, 0.25) is 0 Å². The average molecular weight is 311 g/mol. The molecular formula is C13H15BrN2S. The Morgan fingerprint density at radius 1 is 1.29 bits per heavy atom. The summed E-state index contributed by atoms with van der Waals surface area (Å²) in [6, 6.07) is 8.50. The van der Waals surface area contributed by atoms with Crippen molar-refractivity contribution in [3.05, 3.63) is 55.7 Å². The molecule has 1 aromatic heterocycles. The van der Waals surface area contributed by atoms with Gasteiger partial charge in [-0.25, -0.2) is 5.43 Å². The van der Waals surface area contributed by atoms with E-state index in [2.05, 4.69) is 64.8 Å². The van der Waals surface area contributed by atoms with Gasteiger partial charge in [0.25, 0.3) is 0 Å². The van der Waals surface area contributed by atoms with Crippen molar-refractivity contribution >= 4 is 27.3 Å². The Bertz CT molecular complexity index is 522. The SMILES string of the molecule is Cc1ccc(C(NN)c2sccc2C)c(Br)c1. The molecule has 0 saturated heterocycles. The van der Waals surface area contributed by atoms with Crippen molar-refractivity contribution in [3.63, 3.8) is 0 Å². The molecule has 17 heavy (non-hydrogen) atoms. The first-order valence-electron chi connectivity index (χ1n) is 5.39. The van der Waals surface area contributed by atoms with Crippen LogP contribution >= 0.6 is 27.3 Å². The quantitative estimate of drug-likeness (QED) is 0.670. The van der Waals surface area contributed by atoms with Gasteiger partial charge in [0.1, 0.15) is 0 Å². The maximum atomic E-state index is 5.71. The summed E-state index contributed by atoms with van der Waals surface area (Å²) in [7, 11) is 0. The first-order chi connectivity index (χ1) is 8.13. The van der Waals surface area contributed by atoms with Crippen molar-refractivity contribution in [2.75, 3.05) is 0 Å². The monoisotopic (exact) mass is 310 g/mol. The molecular weight excluding hydrogens is 296 g/mol. The largest absolute Gasteiger partial charge is 0.271 e. The highest BCUT2D eigenvalue weighted by Gasteiger charge is 2.18. The number of thiophene rings is 1. The zero-order valence-electron chi connectivity index (χ0n) is 9.83. The Kier molecular flexibility index (Phi) is 3.99. The van der Waals surface area contributed by atoms with E-state index in [1.807, 2.05) is 0 Å². The number of hydrogen-bond donors (Lipinski definition) is 2. The molecule has 0 aliphatic carbocycles. The van der Waals surface area contributed by atoms with Crippen molar-refractivity contribution < 1.29 is 0 Å². The second-order valence-corrected chi connectivity index (χ2v) is 5.89. The summed E-state index contributed by atoms with van der Waals surface area (Å²) in [6.07, 6.45) is 0. The molecule has 2 nitrogen and oxygen atoms in total. The van der Waals surface area contributed by atoms with Gasteiger partial charge >= 0.3 is 0 Å². The second-order valence-electron chi connectivity index (χ2n) is 4.09. The minimum Gasteiger partial charge on any atom is -0.271 e.